The molecular formula is C30H34F4O. The van der Waals surface area contributed by atoms with E-state index >= 15 is 4.39 Å². The van der Waals surface area contributed by atoms with Gasteiger partial charge in [0.1, 0.15) is 5.82 Å². The van der Waals surface area contributed by atoms with E-state index in [2.05, 4.69) is 17.7 Å². The zero-order chi connectivity index (χ0) is 24.8. The summed E-state index contributed by atoms with van der Waals surface area (Å²) in [5.74, 6) is 0.149. The molecule has 3 aromatic rings. The smallest absolute Gasteiger partial charge is 0.387 e. The maximum Gasteiger partial charge on any atom is 0.387 e. The van der Waals surface area contributed by atoms with Crippen LogP contribution in [0.15, 0.2) is 48.5 Å². The van der Waals surface area contributed by atoms with Gasteiger partial charge in [0, 0.05) is 5.39 Å². The van der Waals surface area contributed by atoms with Crippen LogP contribution in [0.2, 0.25) is 0 Å². The first-order chi connectivity index (χ1) is 16.9. The summed E-state index contributed by atoms with van der Waals surface area (Å²) < 4.78 is 57.9. The van der Waals surface area contributed by atoms with Gasteiger partial charge in [-0.2, -0.15) is 8.78 Å². The van der Waals surface area contributed by atoms with Gasteiger partial charge in [0.2, 0.25) is 0 Å². The number of benzene rings is 3. The Balaban J connectivity index is 1.35. The highest BCUT2D eigenvalue weighted by molar-refractivity contribution is 5.84. The van der Waals surface area contributed by atoms with E-state index in [4.69, 9.17) is 0 Å². The van der Waals surface area contributed by atoms with Crippen molar-refractivity contribution < 1.29 is 22.3 Å². The quantitative estimate of drug-likeness (QED) is 0.260. The number of hydrogen-bond donors (Lipinski definition) is 0. The van der Waals surface area contributed by atoms with E-state index < -0.39 is 18.2 Å². The molecule has 0 aliphatic heterocycles. The predicted octanol–water partition coefficient (Wildman–Crippen LogP) is 9.04. The molecule has 0 heterocycles. The monoisotopic (exact) mass is 486 g/mol. The lowest BCUT2D eigenvalue weighted by Gasteiger charge is -2.28. The Morgan fingerprint density at radius 2 is 1.49 bits per heavy atom. The number of hydrogen-bond acceptors (Lipinski definition) is 1. The molecule has 1 aliphatic rings. The zero-order valence-corrected chi connectivity index (χ0v) is 20.3. The molecule has 0 N–H and O–H groups in total. The molecule has 0 amide bonds. The van der Waals surface area contributed by atoms with Gasteiger partial charge in [0.15, 0.2) is 11.6 Å². The molecule has 1 nitrogen and oxygen atoms in total. The molecule has 3 aromatic carbocycles. The Morgan fingerprint density at radius 1 is 0.800 bits per heavy atom. The van der Waals surface area contributed by atoms with Crippen molar-refractivity contribution in [3.05, 3.63) is 76.9 Å². The Bertz CT molecular complexity index is 1120. The first kappa shape index (κ1) is 25.5. The van der Waals surface area contributed by atoms with Gasteiger partial charge in [-0.1, -0.05) is 81.8 Å². The Labute approximate surface area is 205 Å². The fourth-order valence-corrected chi connectivity index (χ4v) is 5.49. The molecule has 0 bridgehead atoms. The van der Waals surface area contributed by atoms with Crippen LogP contribution < -0.4 is 4.74 Å². The highest BCUT2D eigenvalue weighted by Crippen LogP contribution is 2.34. The average molecular weight is 487 g/mol. The first-order valence-corrected chi connectivity index (χ1v) is 12.9. The van der Waals surface area contributed by atoms with Crippen LogP contribution in [0.25, 0.3) is 10.8 Å². The largest absolute Gasteiger partial charge is 0.432 e. The van der Waals surface area contributed by atoms with Crippen molar-refractivity contribution in [2.24, 2.45) is 11.8 Å². The van der Waals surface area contributed by atoms with Crippen LogP contribution in [0.4, 0.5) is 17.6 Å². The van der Waals surface area contributed by atoms with Gasteiger partial charge in [-0.15, -0.1) is 0 Å². The third-order valence-corrected chi connectivity index (χ3v) is 7.50. The topological polar surface area (TPSA) is 9.23 Å². The number of halogens is 4. The van der Waals surface area contributed by atoms with Crippen molar-refractivity contribution in [2.75, 3.05) is 0 Å². The number of fused-ring (bicyclic) bond motifs is 1. The molecule has 0 saturated heterocycles. The molecule has 0 unspecified atom stereocenters. The molecule has 0 atom stereocenters. The zero-order valence-electron chi connectivity index (χ0n) is 20.3. The predicted molar refractivity (Wildman–Crippen MR) is 133 cm³/mol. The summed E-state index contributed by atoms with van der Waals surface area (Å²) in [4.78, 5) is 0. The van der Waals surface area contributed by atoms with Crippen molar-refractivity contribution in [1.82, 2.24) is 0 Å². The van der Waals surface area contributed by atoms with E-state index in [-0.39, 0.29) is 5.82 Å². The second-order valence-corrected chi connectivity index (χ2v) is 9.95. The Morgan fingerprint density at radius 3 is 2.17 bits per heavy atom. The van der Waals surface area contributed by atoms with Crippen LogP contribution >= 0.6 is 0 Å². The van der Waals surface area contributed by atoms with E-state index in [1.807, 2.05) is 18.2 Å². The first-order valence-electron chi connectivity index (χ1n) is 12.9. The van der Waals surface area contributed by atoms with Crippen LogP contribution in [-0.2, 0) is 19.3 Å². The second kappa shape index (κ2) is 11.9. The lowest BCUT2D eigenvalue weighted by atomic mass is 9.78. The van der Waals surface area contributed by atoms with E-state index in [0.29, 0.717) is 29.4 Å². The van der Waals surface area contributed by atoms with Gasteiger partial charge >= 0.3 is 6.61 Å². The standard InChI is InChI=1S/C30H34F4O/c1-2-3-20-4-6-21(7-5-20)8-9-22-11-16-26-25(18-22)15-14-24(29(26)32)13-10-23-12-17-28(27(31)19-23)35-30(33)34/h11-12,14-21,30H,2-10,13H2,1H3. The summed E-state index contributed by atoms with van der Waals surface area (Å²) in [6.07, 6.45) is 11.1. The molecule has 0 aromatic heterocycles. The highest BCUT2D eigenvalue weighted by Gasteiger charge is 2.20. The summed E-state index contributed by atoms with van der Waals surface area (Å²) in [5.41, 5.74) is 2.41. The Hall–Kier alpha value is -2.56. The van der Waals surface area contributed by atoms with Gasteiger partial charge in [0.25, 0.3) is 0 Å². The number of aryl methyl sites for hydroxylation is 3. The molecule has 5 heteroatoms. The minimum atomic E-state index is -3.08. The van der Waals surface area contributed by atoms with E-state index in [1.54, 1.807) is 6.07 Å². The van der Waals surface area contributed by atoms with Crippen LogP contribution in [-0.4, -0.2) is 6.61 Å². The third-order valence-electron chi connectivity index (χ3n) is 7.50. The molecule has 0 radical (unpaired) electrons. The fourth-order valence-electron chi connectivity index (χ4n) is 5.49. The van der Waals surface area contributed by atoms with Gasteiger partial charge in [0.05, 0.1) is 0 Å². The van der Waals surface area contributed by atoms with Crippen LogP contribution in [0.3, 0.4) is 0 Å². The Kier molecular flexibility index (Phi) is 8.69. The summed E-state index contributed by atoms with van der Waals surface area (Å²) in [6, 6.07) is 13.6. The summed E-state index contributed by atoms with van der Waals surface area (Å²) in [7, 11) is 0. The number of rotatable bonds is 10. The number of alkyl halides is 2. The molecule has 1 saturated carbocycles. The van der Waals surface area contributed by atoms with Gasteiger partial charge in [-0.05, 0) is 71.7 Å². The van der Waals surface area contributed by atoms with E-state index in [1.165, 1.54) is 68.7 Å². The SMILES string of the molecule is CCCC1CCC(CCc2ccc3c(F)c(CCc4ccc(OC(F)F)c(F)c4)ccc3c2)CC1. The molecular weight excluding hydrogens is 452 g/mol. The molecule has 35 heavy (non-hydrogen) atoms. The lowest BCUT2D eigenvalue weighted by molar-refractivity contribution is -0.0522. The van der Waals surface area contributed by atoms with Gasteiger partial charge < -0.3 is 4.74 Å². The van der Waals surface area contributed by atoms with Crippen molar-refractivity contribution in [3.63, 3.8) is 0 Å². The minimum absolute atomic E-state index is 0.249. The number of ether oxygens (including phenoxy) is 1. The third kappa shape index (κ3) is 6.77. The summed E-state index contributed by atoms with van der Waals surface area (Å²) in [5, 5.41) is 1.49. The second-order valence-electron chi connectivity index (χ2n) is 9.95. The maximum atomic E-state index is 15.2. The summed E-state index contributed by atoms with van der Waals surface area (Å²) >= 11 is 0. The van der Waals surface area contributed by atoms with Crippen LogP contribution in [0.5, 0.6) is 5.75 Å². The molecule has 188 valence electrons. The van der Waals surface area contributed by atoms with E-state index in [0.717, 1.165) is 23.6 Å². The van der Waals surface area contributed by atoms with Crippen LogP contribution in [0.1, 0.15) is 68.6 Å². The van der Waals surface area contributed by atoms with E-state index in [9.17, 15) is 13.2 Å². The fraction of sp³-hybridized carbons (Fsp3) is 0.467. The van der Waals surface area contributed by atoms with Gasteiger partial charge in [-0.25, -0.2) is 8.78 Å². The lowest BCUT2D eigenvalue weighted by Crippen LogP contribution is -2.15. The van der Waals surface area contributed by atoms with Crippen LogP contribution in [0, 0.1) is 23.5 Å². The minimum Gasteiger partial charge on any atom is -0.432 e. The van der Waals surface area contributed by atoms with Gasteiger partial charge in [-0.3, -0.25) is 0 Å². The molecule has 0 spiro atoms. The highest BCUT2D eigenvalue weighted by atomic mass is 19.3. The molecule has 1 aliphatic carbocycles. The van der Waals surface area contributed by atoms with Crippen molar-refractivity contribution in [3.8, 4) is 5.75 Å². The maximum absolute atomic E-state index is 15.2. The van der Waals surface area contributed by atoms with Crippen molar-refractivity contribution in [1.29, 1.82) is 0 Å². The normalized spacial score (nSPS) is 18.3. The summed E-state index contributed by atoms with van der Waals surface area (Å²) in [6.45, 7) is -0.804. The van der Waals surface area contributed by atoms with Crippen molar-refractivity contribution in [2.45, 2.75) is 77.7 Å². The molecule has 4 rings (SSSR count). The van der Waals surface area contributed by atoms with Crippen molar-refractivity contribution >= 4 is 10.8 Å². The molecule has 1 fully saturated rings. The average Bonchev–Trinajstić information content (AvgIpc) is 2.85.